The Morgan fingerprint density at radius 3 is 2.46 bits per heavy atom. The monoisotopic (exact) mass is 355 g/mol. The fourth-order valence-corrected chi connectivity index (χ4v) is 2.24. The molecule has 0 aliphatic rings. The number of hydrogen-bond acceptors (Lipinski definition) is 6. The number of aromatic nitrogens is 2. The van der Waals surface area contributed by atoms with Gasteiger partial charge in [0.15, 0.2) is 0 Å². The largest absolute Gasteiger partial charge is 0.467 e. The van der Waals surface area contributed by atoms with Crippen molar-refractivity contribution in [3.8, 4) is 11.5 Å². The summed E-state index contributed by atoms with van der Waals surface area (Å²) in [4.78, 5) is 24.4. The van der Waals surface area contributed by atoms with Crippen molar-refractivity contribution in [2.24, 2.45) is 0 Å². The SMILES string of the molecule is COC(=O)[C@H](NC(=O)c1ccccc1)c1nnc(-c2ccccc2F)o1. The standard InChI is InChI=1S/C18H14FN3O4/c1-25-18(24)14(20-15(23)11-7-3-2-4-8-11)17-22-21-16(26-17)12-9-5-6-10-13(12)19/h2-10,14H,1H3,(H,20,23)/t14-/m1/s1. The maximum Gasteiger partial charge on any atom is 0.338 e. The minimum Gasteiger partial charge on any atom is -0.467 e. The lowest BCUT2D eigenvalue weighted by atomic mass is 10.2. The summed E-state index contributed by atoms with van der Waals surface area (Å²) in [6.07, 6.45) is 0. The van der Waals surface area contributed by atoms with Gasteiger partial charge in [-0.15, -0.1) is 10.2 Å². The topological polar surface area (TPSA) is 94.3 Å². The Hall–Kier alpha value is -3.55. The Bertz CT molecular complexity index is 927. The minimum absolute atomic E-state index is 0.0873. The molecule has 7 nitrogen and oxygen atoms in total. The fourth-order valence-electron chi connectivity index (χ4n) is 2.24. The van der Waals surface area contributed by atoms with Gasteiger partial charge in [0.05, 0.1) is 12.7 Å². The van der Waals surface area contributed by atoms with Gasteiger partial charge in [-0.3, -0.25) is 4.79 Å². The van der Waals surface area contributed by atoms with E-state index in [0.717, 1.165) is 7.11 Å². The van der Waals surface area contributed by atoms with Crippen LogP contribution in [0.3, 0.4) is 0 Å². The molecule has 0 aliphatic carbocycles. The van der Waals surface area contributed by atoms with E-state index in [1.807, 2.05) is 0 Å². The average molecular weight is 355 g/mol. The first kappa shape index (κ1) is 17.3. The zero-order valence-electron chi connectivity index (χ0n) is 13.7. The minimum atomic E-state index is -1.32. The summed E-state index contributed by atoms with van der Waals surface area (Å²) in [7, 11) is 1.16. The second-order valence-corrected chi connectivity index (χ2v) is 5.22. The molecule has 0 unspecified atom stereocenters. The molecule has 0 radical (unpaired) electrons. The average Bonchev–Trinajstić information content (AvgIpc) is 3.16. The highest BCUT2D eigenvalue weighted by atomic mass is 19.1. The molecule has 0 aliphatic heterocycles. The first-order chi connectivity index (χ1) is 12.6. The summed E-state index contributed by atoms with van der Waals surface area (Å²) >= 11 is 0. The number of amides is 1. The van der Waals surface area contributed by atoms with Crippen LogP contribution in [0, 0.1) is 5.82 Å². The van der Waals surface area contributed by atoms with Crippen LogP contribution in [0.25, 0.3) is 11.5 Å². The van der Waals surface area contributed by atoms with Crippen LogP contribution in [0.5, 0.6) is 0 Å². The second-order valence-electron chi connectivity index (χ2n) is 5.22. The van der Waals surface area contributed by atoms with Crippen LogP contribution in [0.4, 0.5) is 4.39 Å². The van der Waals surface area contributed by atoms with Gasteiger partial charge in [-0.1, -0.05) is 30.3 Å². The van der Waals surface area contributed by atoms with Crippen molar-refractivity contribution in [1.29, 1.82) is 0 Å². The summed E-state index contributed by atoms with van der Waals surface area (Å²) in [5, 5.41) is 9.98. The Balaban J connectivity index is 1.88. The fraction of sp³-hybridized carbons (Fsp3) is 0.111. The van der Waals surface area contributed by atoms with Crippen LogP contribution in [-0.4, -0.2) is 29.2 Å². The zero-order valence-corrected chi connectivity index (χ0v) is 13.7. The van der Waals surface area contributed by atoms with E-state index in [1.165, 1.54) is 18.2 Å². The van der Waals surface area contributed by atoms with Crippen LogP contribution in [0.1, 0.15) is 22.3 Å². The molecule has 3 aromatic rings. The van der Waals surface area contributed by atoms with E-state index in [4.69, 9.17) is 4.42 Å². The number of ether oxygens (including phenoxy) is 1. The van der Waals surface area contributed by atoms with Gasteiger partial charge >= 0.3 is 5.97 Å². The lowest BCUT2D eigenvalue weighted by Crippen LogP contribution is -2.34. The Kier molecular flexibility index (Phi) is 5.02. The van der Waals surface area contributed by atoms with Crippen molar-refractivity contribution in [2.45, 2.75) is 6.04 Å². The van der Waals surface area contributed by atoms with Crippen LogP contribution in [0.15, 0.2) is 59.0 Å². The second kappa shape index (κ2) is 7.56. The number of carbonyl (C=O) groups excluding carboxylic acids is 2. The molecule has 8 heteroatoms. The van der Waals surface area contributed by atoms with E-state index in [1.54, 1.807) is 36.4 Å². The molecule has 0 spiro atoms. The van der Waals surface area contributed by atoms with E-state index in [-0.39, 0.29) is 17.3 Å². The van der Waals surface area contributed by atoms with Crippen LogP contribution in [0.2, 0.25) is 0 Å². The summed E-state index contributed by atoms with van der Waals surface area (Å²) in [5.74, 6) is -2.18. The van der Waals surface area contributed by atoms with Gasteiger partial charge in [0.1, 0.15) is 5.82 Å². The van der Waals surface area contributed by atoms with Crippen molar-refractivity contribution in [1.82, 2.24) is 15.5 Å². The summed E-state index contributed by atoms with van der Waals surface area (Å²) in [6, 6.07) is 12.8. The summed E-state index contributed by atoms with van der Waals surface area (Å²) < 4.78 is 23.9. The Morgan fingerprint density at radius 2 is 1.77 bits per heavy atom. The number of carbonyl (C=O) groups is 2. The van der Waals surface area contributed by atoms with Crippen LogP contribution < -0.4 is 5.32 Å². The highest BCUT2D eigenvalue weighted by molar-refractivity contribution is 5.96. The van der Waals surface area contributed by atoms with Crippen molar-refractivity contribution in [3.05, 3.63) is 71.9 Å². The normalized spacial score (nSPS) is 11.6. The molecular formula is C18H14FN3O4. The van der Waals surface area contributed by atoms with Crippen LogP contribution >= 0.6 is 0 Å². The van der Waals surface area contributed by atoms with E-state index >= 15 is 0 Å². The number of esters is 1. The predicted octanol–water partition coefficient (Wildman–Crippen LogP) is 2.52. The van der Waals surface area contributed by atoms with Crippen molar-refractivity contribution in [2.75, 3.05) is 7.11 Å². The molecule has 0 saturated carbocycles. The lowest BCUT2D eigenvalue weighted by molar-refractivity contribution is -0.143. The van der Waals surface area contributed by atoms with Gasteiger partial charge in [-0.2, -0.15) is 0 Å². The molecule has 3 rings (SSSR count). The smallest absolute Gasteiger partial charge is 0.338 e. The van der Waals surface area contributed by atoms with Gasteiger partial charge < -0.3 is 14.5 Å². The number of benzene rings is 2. The molecule has 26 heavy (non-hydrogen) atoms. The number of hydrogen-bond donors (Lipinski definition) is 1. The molecule has 1 aromatic heterocycles. The Labute approximate surface area is 147 Å². The van der Waals surface area contributed by atoms with E-state index in [0.29, 0.717) is 5.56 Å². The van der Waals surface area contributed by atoms with Crippen molar-refractivity contribution >= 4 is 11.9 Å². The molecule has 1 amide bonds. The highest BCUT2D eigenvalue weighted by Gasteiger charge is 2.30. The summed E-state index contributed by atoms with van der Waals surface area (Å²) in [6.45, 7) is 0. The Morgan fingerprint density at radius 1 is 1.08 bits per heavy atom. The molecule has 2 aromatic carbocycles. The van der Waals surface area contributed by atoms with Crippen molar-refractivity contribution < 1.29 is 23.1 Å². The first-order valence-corrected chi connectivity index (χ1v) is 7.62. The number of methoxy groups -OCH3 is 1. The van der Waals surface area contributed by atoms with E-state index < -0.39 is 23.7 Å². The third kappa shape index (κ3) is 3.59. The third-order valence-electron chi connectivity index (χ3n) is 3.54. The van der Waals surface area contributed by atoms with Gasteiger partial charge in [0, 0.05) is 5.56 Å². The van der Waals surface area contributed by atoms with Gasteiger partial charge in [0.2, 0.25) is 6.04 Å². The number of nitrogens with one attached hydrogen (secondary N) is 1. The molecule has 0 fully saturated rings. The predicted molar refractivity (Wildman–Crippen MR) is 88.4 cm³/mol. The quantitative estimate of drug-likeness (QED) is 0.707. The van der Waals surface area contributed by atoms with E-state index in [2.05, 4.69) is 20.3 Å². The van der Waals surface area contributed by atoms with E-state index in [9.17, 15) is 14.0 Å². The molecule has 1 N–H and O–H groups in total. The molecule has 0 saturated heterocycles. The first-order valence-electron chi connectivity index (χ1n) is 7.62. The number of rotatable bonds is 5. The van der Waals surface area contributed by atoms with Gasteiger partial charge in [-0.25, -0.2) is 9.18 Å². The molecule has 1 heterocycles. The molecular weight excluding hydrogens is 341 g/mol. The maximum absolute atomic E-state index is 13.9. The molecule has 1 atom stereocenters. The molecule has 132 valence electrons. The van der Waals surface area contributed by atoms with Gasteiger partial charge in [-0.05, 0) is 24.3 Å². The van der Waals surface area contributed by atoms with Crippen LogP contribution in [-0.2, 0) is 9.53 Å². The lowest BCUT2D eigenvalue weighted by Gasteiger charge is -2.12. The summed E-state index contributed by atoms with van der Waals surface area (Å²) in [5.41, 5.74) is 0.430. The molecule has 0 bridgehead atoms. The maximum atomic E-state index is 13.9. The van der Waals surface area contributed by atoms with Crippen molar-refractivity contribution in [3.63, 3.8) is 0 Å². The number of halogens is 1. The number of nitrogens with zero attached hydrogens (tertiary/aromatic N) is 2. The zero-order chi connectivity index (χ0) is 18.5. The van der Waals surface area contributed by atoms with Gasteiger partial charge in [0.25, 0.3) is 17.7 Å². The highest BCUT2D eigenvalue weighted by Crippen LogP contribution is 2.24. The third-order valence-corrected chi connectivity index (χ3v) is 3.54.